The van der Waals surface area contributed by atoms with Crippen LogP contribution in [0.15, 0.2) is 27.8 Å². The molecule has 0 saturated carbocycles. The molecule has 0 bridgehead atoms. The van der Waals surface area contributed by atoms with Gasteiger partial charge in [0, 0.05) is 31.4 Å². The molecule has 7 heteroatoms. The highest BCUT2D eigenvalue weighted by Gasteiger charge is 2.17. The number of nitrogens with zero attached hydrogens (tertiary/aromatic N) is 4. The largest absolute Gasteiger partial charge is 0.468 e. The monoisotopic (exact) mass is 346 g/mol. The third-order valence-electron chi connectivity index (χ3n) is 4.36. The summed E-state index contributed by atoms with van der Waals surface area (Å²) in [5.74, 6) is 1.73. The van der Waals surface area contributed by atoms with E-state index in [9.17, 15) is 0 Å². The van der Waals surface area contributed by atoms with Gasteiger partial charge in [-0.05, 0) is 47.0 Å². The molecule has 2 rings (SSSR count). The summed E-state index contributed by atoms with van der Waals surface area (Å²) >= 11 is 0. The van der Waals surface area contributed by atoms with Crippen molar-refractivity contribution in [1.29, 1.82) is 0 Å². The lowest BCUT2D eigenvalue weighted by Crippen LogP contribution is -2.41. The number of aryl methyl sites for hydroxylation is 2. The minimum atomic E-state index is 0.140. The molecule has 0 saturated heterocycles. The molecule has 0 radical (unpaired) electrons. The van der Waals surface area contributed by atoms with Gasteiger partial charge in [-0.3, -0.25) is 9.58 Å². The SMILES string of the molecule is CCNC(=NCc1c(C)nn(C)c1C)NCC(c1ccco1)N(C)C. The van der Waals surface area contributed by atoms with E-state index in [-0.39, 0.29) is 6.04 Å². The smallest absolute Gasteiger partial charge is 0.191 e. The number of nitrogens with one attached hydrogen (secondary N) is 2. The topological polar surface area (TPSA) is 70.6 Å². The molecule has 2 heterocycles. The van der Waals surface area contributed by atoms with Crippen molar-refractivity contribution in [1.82, 2.24) is 25.3 Å². The van der Waals surface area contributed by atoms with E-state index in [0.717, 1.165) is 29.7 Å². The predicted molar refractivity (Wildman–Crippen MR) is 101 cm³/mol. The van der Waals surface area contributed by atoms with Crippen molar-refractivity contribution in [3.05, 3.63) is 41.1 Å². The zero-order chi connectivity index (χ0) is 18.4. The standard InChI is InChI=1S/C18H30N6O/c1-7-19-18(20-11-15-13(2)22-24(6)14(15)3)21-12-16(23(4)5)17-9-8-10-25-17/h8-10,16H,7,11-12H2,1-6H3,(H2,19,20,21). The molecule has 1 unspecified atom stereocenters. The average molecular weight is 346 g/mol. The van der Waals surface area contributed by atoms with E-state index in [0.29, 0.717) is 13.1 Å². The molecule has 0 aliphatic heterocycles. The second-order valence-corrected chi connectivity index (χ2v) is 6.34. The zero-order valence-corrected chi connectivity index (χ0v) is 16.1. The third kappa shape index (κ3) is 4.85. The van der Waals surface area contributed by atoms with Crippen LogP contribution in [0.4, 0.5) is 0 Å². The maximum absolute atomic E-state index is 5.56. The van der Waals surface area contributed by atoms with Gasteiger partial charge in [0.15, 0.2) is 5.96 Å². The Morgan fingerprint density at radius 3 is 2.64 bits per heavy atom. The lowest BCUT2D eigenvalue weighted by Gasteiger charge is -2.23. The van der Waals surface area contributed by atoms with E-state index >= 15 is 0 Å². The summed E-state index contributed by atoms with van der Waals surface area (Å²) in [7, 11) is 6.05. The molecule has 0 amide bonds. The quantitative estimate of drug-likeness (QED) is 0.593. The molecule has 0 aromatic carbocycles. The molecule has 2 N–H and O–H groups in total. The summed E-state index contributed by atoms with van der Waals surface area (Å²) in [6.07, 6.45) is 1.71. The van der Waals surface area contributed by atoms with Crippen LogP contribution in [0.5, 0.6) is 0 Å². The molecule has 0 fully saturated rings. The first kappa shape index (κ1) is 19.1. The molecule has 2 aromatic rings. The van der Waals surface area contributed by atoms with Crippen molar-refractivity contribution < 1.29 is 4.42 Å². The molecule has 25 heavy (non-hydrogen) atoms. The van der Waals surface area contributed by atoms with Gasteiger partial charge in [-0.1, -0.05) is 0 Å². The Labute approximate surface area is 150 Å². The number of likely N-dealkylation sites (N-methyl/N-ethyl adjacent to an activating group) is 1. The second kappa shape index (κ2) is 8.71. The maximum Gasteiger partial charge on any atom is 0.191 e. The van der Waals surface area contributed by atoms with Crippen LogP contribution in [0.3, 0.4) is 0 Å². The fourth-order valence-corrected chi connectivity index (χ4v) is 2.76. The van der Waals surface area contributed by atoms with Gasteiger partial charge in [-0.25, -0.2) is 4.99 Å². The number of guanidine groups is 1. The van der Waals surface area contributed by atoms with Crippen molar-refractivity contribution in [2.75, 3.05) is 27.2 Å². The summed E-state index contributed by atoms with van der Waals surface area (Å²) in [5, 5.41) is 11.2. The molecule has 7 nitrogen and oxygen atoms in total. The van der Waals surface area contributed by atoms with Gasteiger partial charge in [0.25, 0.3) is 0 Å². The number of hydrogen-bond donors (Lipinski definition) is 2. The Kier molecular flexibility index (Phi) is 6.64. The predicted octanol–water partition coefficient (Wildman–Crippen LogP) is 1.99. The minimum Gasteiger partial charge on any atom is -0.468 e. The first-order chi connectivity index (χ1) is 11.9. The van der Waals surface area contributed by atoms with E-state index < -0.39 is 0 Å². The summed E-state index contributed by atoms with van der Waals surface area (Å²) in [5.41, 5.74) is 3.36. The Morgan fingerprint density at radius 1 is 1.36 bits per heavy atom. The van der Waals surface area contributed by atoms with Crippen LogP contribution in [-0.4, -0.2) is 47.8 Å². The van der Waals surface area contributed by atoms with Crippen molar-refractivity contribution in [3.8, 4) is 0 Å². The Bertz CT molecular complexity index is 687. The molecule has 2 aromatic heterocycles. The molecule has 0 aliphatic carbocycles. The van der Waals surface area contributed by atoms with E-state index in [1.807, 2.05) is 44.9 Å². The lowest BCUT2D eigenvalue weighted by atomic mass is 10.2. The van der Waals surface area contributed by atoms with E-state index in [4.69, 9.17) is 9.41 Å². The highest BCUT2D eigenvalue weighted by atomic mass is 16.3. The summed E-state index contributed by atoms with van der Waals surface area (Å²) in [6, 6.07) is 4.05. The van der Waals surface area contributed by atoms with Crippen LogP contribution < -0.4 is 10.6 Å². The van der Waals surface area contributed by atoms with Crippen LogP contribution in [0.2, 0.25) is 0 Å². The van der Waals surface area contributed by atoms with Crippen LogP contribution >= 0.6 is 0 Å². The average Bonchev–Trinajstić information content (AvgIpc) is 3.15. The van der Waals surface area contributed by atoms with Gasteiger partial charge >= 0.3 is 0 Å². The van der Waals surface area contributed by atoms with Crippen LogP contribution in [0.25, 0.3) is 0 Å². The number of rotatable bonds is 7. The molecule has 1 atom stereocenters. The van der Waals surface area contributed by atoms with Gasteiger partial charge in [0.05, 0.1) is 24.5 Å². The number of hydrogen-bond acceptors (Lipinski definition) is 4. The zero-order valence-electron chi connectivity index (χ0n) is 16.1. The van der Waals surface area contributed by atoms with Crippen LogP contribution in [0.1, 0.15) is 35.7 Å². The lowest BCUT2D eigenvalue weighted by molar-refractivity contribution is 0.258. The molecule has 0 aliphatic rings. The molecular formula is C18H30N6O. The van der Waals surface area contributed by atoms with E-state index in [2.05, 4.69) is 34.5 Å². The Balaban J connectivity index is 2.06. The van der Waals surface area contributed by atoms with Crippen molar-refractivity contribution >= 4 is 5.96 Å². The Hall–Kier alpha value is -2.28. The first-order valence-corrected chi connectivity index (χ1v) is 8.65. The number of aromatic nitrogens is 2. The third-order valence-corrected chi connectivity index (χ3v) is 4.36. The number of aliphatic imine (C=N–C) groups is 1. The summed E-state index contributed by atoms with van der Waals surface area (Å²) < 4.78 is 7.46. The van der Waals surface area contributed by atoms with E-state index in [1.165, 1.54) is 5.56 Å². The summed E-state index contributed by atoms with van der Waals surface area (Å²) in [4.78, 5) is 6.85. The fraction of sp³-hybridized carbons (Fsp3) is 0.556. The second-order valence-electron chi connectivity index (χ2n) is 6.34. The van der Waals surface area contributed by atoms with Crippen molar-refractivity contribution in [3.63, 3.8) is 0 Å². The highest BCUT2D eigenvalue weighted by Crippen LogP contribution is 2.17. The Morgan fingerprint density at radius 2 is 2.12 bits per heavy atom. The number of furan rings is 1. The minimum absolute atomic E-state index is 0.140. The van der Waals surface area contributed by atoms with Gasteiger partial charge < -0.3 is 15.1 Å². The normalized spacial score (nSPS) is 13.3. The van der Waals surface area contributed by atoms with Gasteiger partial charge in [0.2, 0.25) is 0 Å². The molecular weight excluding hydrogens is 316 g/mol. The van der Waals surface area contributed by atoms with Crippen molar-refractivity contribution in [2.45, 2.75) is 33.4 Å². The van der Waals surface area contributed by atoms with Crippen LogP contribution in [-0.2, 0) is 13.6 Å². The first-order valence-electron chi connectivity index (χ1n) is 8.65. The van der Waals surface area contributed by atoms with Gasteiger partial charge in [-0.15, -0.1) is 0 Å². The molecule has 0 spiro atoms. The maximum atomic E-state index is 5.56. The van der Waals surface area contributed by atoms with E-state index in [1.54, 1.807) is 6.26 Å². The summed E-state index contributed by atoms with van der Waals surface area (Å²) in [6.45, 7) is 8.28. The van der Waals surface area contributed by atoms with Crippen molar-refractivity contribution in [2.24, 2.45) is 12.0 Å². The highest BCUT2D eigenvalue weighted by molar-refractivity contribution is 5.79. The van der Waals surface area contributed by atoms with Gasteiger partial charge in [-0.2, -0.15) is 5.10 Å². The van der Waals surface area contributed by atoms with Crippen LogP contribution in [0, 0.1) is 13.8 Å². The van der Waals surface area contributed by atoms with Gasteiger partial charge in [0.1, 0.15) is 5.76 Å². The fourth-order valence-electron chi connectivity index (χ4n) is 2.76. The molecule has 138 valence electrons.